The van der Waals surface area contributed by atoms with E-state index in [1.165, 1.54) is 0 Å². The highest BCUT2D eigenvalue weighted by molar-refractivity contribution is 6.33. The molecule has 1 saturated heterocycles. The summed E-state index contributed by atoms with van der Waals surface area (Å²) in [6, 6.07) is 14.5. The molecule has 1 fully saturated rings. The molecule has 0 unspecified atom stereocenters. The fraction of sp³-hybridized carbons (Fsp3) is 0.385. The van der Waals surface area contributed by atoms with Crippen molar-refractivity contribution < 1.29 is 9.47 Å². The van der Waals surface area contributed by atoms with E-state index in [1.807, 2.05) is 68.7 Å². The number of ether oxygens (including phenoxy) is 2. The topological polar surface area (TPSA) is 59.5 Å². The third-order valence-electron chi connectivity index (χ3n) is 5.71. The summed E-state index contributed by atoms with van der Waals surface area (Å²) in [5, 5.41) is 4.14. The Kier molecular flexibility index (Phi) is 8.02. The fourth-order valence-electron chi connectivity index (χ4n) is 4.11. The van der Waals surface area contributed by atoms with Crippen LogP contribution in [0.2, 0.25) is 5.02 Å². The lowest BCUT2D eigenvalue weighted by molar-refractivity contribution is 0.210. The van der Waals surface area contributed by atoms with Crippen LogP contribution in [0.1, 0.15) is 32.3 Å². The summed E-state index contributed by atoms with van der Waals surface area (Å²) in [7, 11) is 0. The average Bonchev–Trinajstić information content (AvgIpc) is 2.84. The Hall–Kier alpha value is -2.83. The quantitative estimate of drug-likeness (QED) is 0.438. The molecule has 1 aliphatic rings. The minimum atomic E-state index is 0.413. The first-order chi connectivity index (χ1) is 16.2. The van der Waals surface area contributed by atoms with Gasteiger partial charge >= 0.3 is 0 Å². The molecule has 1 aliphatic heterocycles. The van der Waals surface area contributed by atoms with Crippen LogP contribution >= 0.6 is 11.6 Å². The number of nitrogens with one attached hydrogen (secondary N) is 1. The maximum Gasteiger partial charge on any atom is 0.159 e. The Morgan fingerprint density at radius 3 is 2.15 bits per heavy atom. The normalized spacial score (nSPS) is 14.8. The molecule has 3 aromatic rings. The molecule has 0 spiro atoms. The van der Waals surface area contributed by atoms with Crippen LogP contribution in [-0.2, 0) is 6.54 Å². The summed E-state index contributed by atoms with van der Waals surface area (Å²) in [5.41, 5.74) is 3.15. The van der Waals surface area contributed by atoms with Crippen molar-refractivity contribution in [2.24, 2.45) is 0 Å². The van der Waals surface area contributed by atoms with E-state index in [0.29, 0.717) is 35.8 Å². The summed E-state index contributed by atoms with van der Waals surface area (Å²) in [5.74, 6) is 2.13. The van der Waals surface area contributed by atoms with Gasteiger partial charge in [-0.25, -0.2) is 9.97 Å². The van der Waals surface area contributed by atoms with E-state index in [4.69, 9.17) is 21.1 Å². The van der Waals surface area contributed by atoms with Crippen molar-refractivity contribution in [2.75, 3.05) is 31.6 Å². The second-order valence-electron chi connectivity index (χ2n) is 8.13. The molecule has 0 saturated carbocycles. The van der Waals surface area contributed by atoms with E-state index in [-0.39, 0.29) is 0 Å². The molecule has 1 aromatic heterocycles. The summed E-state index contributed by atoms with van der Waals surface area (Å²) < 4.78 is 11.4. The van der Waals surface area contributed by atoms with Gasteiger partial charge < -0.3 is 14.8 Å². The minimum Gasteiger partial charge on any atom is -0.492 e. The second-order valence-corrected chi connectivity index (χ2v) is 8.51. The van der Waals surface area contributed by atoms with Crippen molar-refractivity contribution in [2.45, 2.75) is 39.3 Å². The van der Waals surface area contributed by atoms with E-state index in [1.54, 1.807) is 0 Å². The Balaban J connectivity index is 1.32. The summed E-state index contributed by atoms with van der Waals surface area (Å²) >= 11 is 6.44. The van der Waals surface area contributed by atoms with E-state index >= 15 is 0 Å². The number of nitrogens with zero attached hydrogens (tertiary/aromatic N) is 3. The van der Waals surface area contributed by atoms with Gasteiger partial charge in [-0.05, 0) is 44.4 Å². The third kappa shape index (κ3) is 6.15. The van der Waals surface area contributed by atoms with Gasteiger partial charge in [0.2, 0.25) is 0 Å². The molecule has 0 atom stereocenters. The zero-order chi connectivity index (χ0) is 23.0. The van der Waals surface area contributed by atoms with Gasteiger partial charge in [-0.2, -0.15) is 0 Å². The van der Waals surface area contributed by atoms with Gasteiger partial charge in [-0.1, -0.05) is 41.9 Å². The minimum absolute atomic E-state index is 0.413. The van der Waals surface area contributed by atoms with Gasteiger partial charge in [-0.15, -0.1) is 0 Å². The van der Waals surface area contributed by atoms with Crippen molar-refractivity contribution in [3.63, 3.8) is 0 Å². The Bertz CT molecular complexity index is 995. The van der Waals surface area contributed by atoms with Gasteiger partial charge in [0.1, 0.15) is 16.5 Å². The number of aromatic nitrogens is 2. The van der Waals surface area contributed by atoms with Crippen LogP contribution < -0.4 is 14.8 Å². The summed E-state index contributed by atoms with van der Waals surface area (Å²) in [6.45, 7) is 7.93. The molecule has 2 heterocycles. The summed E-state index contributed by atoms with van der Waals surface area (Å²) in [4.78, 5) is 11.5. The average molecular weight is 467 g/mol. The molecule has 0 radical (unpaired) electrons. The van der Waals surface area contributed by atoms with Gasteiger partial charge in [0.05, 0.1) is 31.3 Å². The summed E-state index contributed by atoms with van der Waals surface area (Å²) in [6.07, 6.45) is 5.87. The lowest BCUT2D eigenvalue weighted by Gasteiger charge is -2.33. The maximum atomic E-state index is 6.44. The molecular weight excluding hydrogens is 436 g/mol. The van der Waals surface area contributed by atoms with E-state index in [2.05, 4.69) is 20.2 Å². The maximum absolute atomic E-state index is 6.44. The zero-order valence-electron chi connectivity index (χ0n) is 19.3. The Morgan fingerprint density at radius 1 is 0.970 bits per heavy atom. The van der Waals surface area contributed by atoms with Crippen LogP contribution in [0.15, 0.2) is 54.9 Å². The number of hydrogen-bond acceptors (Lipinski definition) is 6. The van der Waals surface area contributed by atoms with E-state index in [0.717, 1.165) is 55.1 Å². The molecule has 4 rings (SSSR count). The molecule has 1 N–H and O–H groups in total. The van der Waals surface area contributed by atoms with Crippen LogP contribution in [-0.4, -0.2) is 47.2 Å². The number of piperidine rings is 1. The lowest BCUT2D eigenvalue weighted by Crippen LogP contribution is -2.38. The van der Waals surface area contributed by atoms with Gasteiger partial charge in [0, 0.05) is 31.2 Å². The van der Waals surface area contributed by atoms with Crippen LogP contribution in [0.4, 0.5) is 5.69 Å². The molecule has 7 heteroatoms. The highest BCUT2D eigenvalue weighted by Crippen LogP contribution is 2.36. The molecule has 6 nitrogen and oxygen atoms in total. The van der Waals surface area contributed by atoms with E-state index < -0.39 is 0 Å². The number of likely N-dealkylation sites (tertiary alicyclic amines) is 1. The number of rotatable bonds is 9. The van der Waals surface area contributed by atoms with Gasteiger partial charge in [0.25, 0.3) is 0 Å². The number of anilines is 1. The van der Waals surface area contributed by atoms with Crippen LogP contribution in [0.25, 0.3) is 11.4 Å². The largest absolute Gasteiger partial charge is 0.492 e. The SMILES string of the molecule is CCOc1cc(CN2CCC(Nc3cnc(-c4ccccc4)nc3)CC2)cc(OCC)c1Cl. The van der Waals surface area contributed by atoms with Crippen LogP contribution in [0.5, 0.6) is 11.5 Å². The first-order valence-corrected chi connectivity index (χ1v) is 12.0. The zero-order valence-corrected chi connectivity index (χ0v) is 20.0. The molecule has 0 amide bonds. The van der Waals surface area contributed by atoms with E-state index in [9.17, 15) is 0 Å². The monoisotopic (exact) mass is 466 g/mol. The highest BCUT2D eigenvalue weighted by atomic mass is 35.5. The Morgan fingerprint density at radius 2 is 1.58 bits per heavy atom. The Labute approximate surface area is 200 Å². The molecule has 174 valence electrons. The first kappa shape index (κ1) is 23.3. The molecule has 0 aliphatic carbocycles. The van der Waals surface area contributed by atoms with Crippen LogP contribution in [0, 0.1) is 0 Å². The second kappa shape index (κ2) is 11.3. The smallest absolute Gasteiger partial charge is 0.159 e. The highest BCUT2D eigenvalue weighted by Gasteiger charge is 2.21. The van der Waals surface area contributed by atoms with Crippen molar-refractivity contribution in [1.82, 2.24) is 14.9 Å². The van der Waals surface area contributed by atoms with Crippen molar-refractivity contribution in [1.29, 1.82) is 0 Å². The predicted molar refractivity (Wildman–Crippen MR) is 133 cm³/mol. The molecule has 0 bridgehead atoms. The van der Waals surface area contributed by atoms with Gasteiger partial charge in [0.15, 0.2) is 5.82 Å². The van der Waals surface area contributed by atoms with Crippen molar-refractivity contribution >= 4 is 17.3 Å². The fourth-order valence-corrected chi connectivity index (χ4v) is 4.33. The van der Waals surface area contributed by atoms with Crippen LogP contribution in [0.3, 0.4) is 0 Å². The number of halogens is 1. The molecule has 2 aromatic carbocycles. The van der Waals surface area contributed by atoms with Crippen molar-refractivity contribution in [3.8, 4) is 22.9 Å². The van der Waals surface area contributed by atoms with Crippen molar-refractivity contribution in [3.05, 3.63) is 65.4 Å². The number of benzene rings is 2. The number of hydrogen-bond donors (Lipinski definition) is 1. The first-order valence-electron chi connectivity index (χ1n) is 11.6. The predicted octanol–water partition coefficient (Wildman–Crippen LogP) is 5.67. The molecular formula is C26H31ClN4O2. The standard InChI is InChI=1S/C26H31ClN4O2/c1-3-32-23-14-19(15-24(25(23)27)33-4-2)18-31-12-10-21(11-13-31)30-22-16-28-26(29-17-22)20-8-6-5-7-9-20/h5-9,14-17,21,30H,3-4,10-13,18H2,1-2H3. The molecule has 33 heavy (non-hydrogen) atoms. The van der Waals surface area contributed by atoms with Gasteiger partial charge in [-0.3, -0.25) is 4.90 Å². The lowest BCUT2D eigenvalue weighted by atomic mass is 10.0. The third-order valence-corrected chi connectivity index (χ3v) is 6.09.